The largest absolute Gasteiger partial charge is 0.506 e. The minimum absolute atomic E-state index is 0.0788. The molecule has 0 fully saturated rings. The van der Waals surface area contributed by atoms with Gasteiger partial charge in [-0.25, -0.2) is 14.4 Å². The lowest BCUT2D eigenvalue weighted by molar-refractivity contribution is 0.0479. The molecule has 8 heterocycles. The zero-order valence-corrected chi connectivity index (χ0v) is 58.3. The molecule has 23 nitrogen and oxygen atoms in total. The Bertz CT molecular complexity index is 5360. The highest BCUT2D eigenvalue weighted by molar-refractivity contribution is 5.96. The van der Waals surface area contributed by atoms with Gasteiger partial charge in [0.15, 0.2) is 0 Å². The number of esters is 3. The van der Waals surface area contributed by atoms with Gasteiger partial charge >= 0.3 is 17.9 Å². The first-order chi connectivity index (χ1) is 47.5. The summed E-state index contributed by atoms with van der Waals surface area (Å²) in [6.07, 6.45) is 2.74. The first-order valence-corrected chi connectivity index (χ1v) is 34.3. The number of carbonyl (C=O) groups is 3. The summed E-state index contributed by atoms with van der Waals surface area (Å²) < 4.78 is 33.8. The van der Waals surface area contributed by atoms with Gasteiger partial charge in [-0.1, -0.05) is 107 Å². The van der Waals surface area contributed by atoms with Crippen LogP contribution in [0.4, 0.5) is 5.69 Å². The summed E-state index contributed by atoms with van der Waals surface area (Å²) in [5.41, 5.74) is 14.5. The van der Waals surface area contributed by atoms with E-state index in [1.807, 2.05) is 135 Å². The third kappa shape index (κ3) is 10.6. The van der Waals surface area contributed by atoms with Crippen molar-refractivity contribution in [2.24, 2.45) is 0 Å². The van der Waals surface area contributed by atoms with E-state index in [-0.39, 0.29) is 64.5 Å². The average molecular weight is 1350 g/mol. The number of hydrogen-bond donors (Lipinski definition) is 5. The maximum Gasteiger partial charge on any atom is 0.338 e. The van der Waals surface area contributed by atoms with Crippen LogP contribution in [-0.4, -0.2) is 120 Å². The van der Waals surface area contributed by atoms with Crippen LogP contribution in [0.5, 0.6) is 23.0 Å². The molecule has 516 valence electrons. The lowest BCUT2D eigenvalue weighted by Gasteiger charge is -2.37. The van der Waals surface area contributed by atoms with Crippen LogP contribution in [-0.2, 0) is 35.9 Å². The van der Waals surface area contributed by atoms with E-state index in [1.54, 1.807) is 60.7 Å². The number of anilines is 1. The van der Waals surface area contributed by atoms with E-state index >= 15 is 0 Å². The van der Waals surface area contributed by atoms with Gasteiger partial charge in [0.05, 0.1) is 36.5 Å². The molecule has 0 amide bonds. The summed E-state index contributed by atoms with van der Waals surface area (Å²) >= 11 is 0. The van der Waals surface area contributed by atoms with Gasteiger partial charge in [0, 0.05) is 11.2 Å². The molecule has 0 bridgehead atoms. The van der Waals surface area contributed by atoms with Crippen molar-refractivity contribution >= 4 is 67.7 Å². The number of fused-ring (bicyclic) bond motifs is 16. The number of nitrogens with zero attached hydrogens (tertiary/aromatic N) is 12. The van der Waals surface area contributed by atoms with E-state index in [1.165, 1.54) is 0 Å². The monoisotopic (exact) mass is 1350 g/mol. The van der Waals surface area contributed by atoms with Crippen LogP contribution in [0.15, 0.2) is 146 Å². The molecule has 0 spiro atoms. The van der Waals surface area contributed by atoms with Crippen LogP contribution < -0.4 is 5.32 Å². The van der Waals surface area contributed by atoms with Gasteiger partial charge in [-0.15, -0.1) is 56.2 Å². The number of phenolic OH excluding ortho intramolecular Hbond substituents is 4. The Hall–Kier alpha value is -11.2. The van der Waals surface area contributed by atoms with Crippen molar-refractivity contribution in [2.75, 3.05) is 25.1 Å². The van der Waals surface area contributed by atoms with Gasteiger partial charge in [0.2, 0.25) is 0 Å². The Kier molecular flexibility index (Phi) is 14.1. The zero-order valence-electron chi connectivity index (χ0n) is 58.3. The predicted molar refractivity (Wildman–Crippen MR) is 382 cm³/mol. The van der Waals surface area contributed by atoms with Crippen LogP contribution in [0.25, 0.3) is 66.9 Å². The van der Waals surface area contributed by atoms with E-state index in [9.17, 15) is 34.8 Å². The molecule has 0 saturated carbocycles. The lowest BCUT2D eigenvalue weighted by Crippen LogP contribution is -2.39. The molecule has 8 aromatic carbocycles. The molecule has 100 heavy (non-hydrogen) atoms. The number of aromatic nitrogens is 12. The maximum absolute atomic E-state index is 14.1. The zero-order chi connectivity index (χ0) is 70.2. The predicted octanol–water partition coefficient (Wildman–Crippen LogP) is 14.7. The van der Waals surface area contributed by atoms with E-state index in [0.717, 1.165) is 72.1 Å². The summed E-state index contributed by atoms with van der Waals surface area (Å²) in [4.78, 5) is 49.8. The number of carbonyl (C=O) groups excluding carboxylic acids is 3. The highest BCUT2D eigenvalue weighted by atomic mass is 16.5. The quantitative estimate of drug-likeness (QED) is 0.0258. The normalized spacial score (nSPS) is 13.2. The average Bonchev–Trinajstić information content (AvgIpc) is 1.54. The van der Waals surface area contributed by atoms with Gasteiger partial charge in [0.1, 0.15) is 89.9 Å². The second-order valence-corrected chi connectivity index (χ2v) is 31.2. The van der Waals surface area contributed by atoms with Crippen LogP contribution in [0.1, 0.15) is 175 Å². The third-order valence-electron chi connectivity index (χ3n) is 20.1. The minimum Gasteiger partial charge on any atom is -0.506 e. The van der Waals surface area contributed by atoms with E-state index in [2.05, 4.69) is 94.5 Å². The number of nitrogens with one attached hydrogen (secondary N) is 1. The first kappa shape index (κ1) is 63.5. The molecule has 0 aliphatic carbocycles. The molecule has 0 unspecified atom stereocenters. The highest BCUT2D eigenvalue weighted by Gasteiger charge is 2.36. The molecule has 0 saturated heterocycles. The number of ether oxygens (including phenoxy) is 3. The fourth-order valence-corrected chi connectivity index (χ4v) is 14.1. The van der Waals surface area contributed by atoms with Gasteiger partial charge < -0.3 is 40.0 Å². The van der Waals surface area contributed by atoms with E-state index < -0.39 is 23.4 Å². The molecule has 16 rings (SSSR count). The van der Waals surface area contributed by atoms with E-state index in [0.29, 0.717) is 78.0 Å². The fraction of sp³-hybridized carbons (Fsp3) is 0.338. The van der Waals surface area contributed by atoms with Crippen molar-refractivity contribution in [3.8, 4) is 45.7 Å². The first-order valence-electron chi connectivity index (χ1n) is 34.3. The van der Waals surface area contributed by atoms with Crippen molar-refractivity contribution in [2.45, 2.75) is 149 Å². The highest BCUT2D eigenvalue weighted by Crippen LogP contribution is 2.41. The van der Waals surface area contributed by atoms with Crippen molar-refractivity contribution in [1.29, 1.82) is 0 Å². The Morgan fingerprint density at radius 2 is 0.570 bits per heavy atom. The fourth-order valence-electron chi connectivity index (χ4n) is 14.1. The Morgan fingerprint density at radius 1 is 0.320 bits per heavy atom. The van der Waals surface area contributed by atoms with Gasteiger partial charge in [-0.05, 0) is 204 Å². The topological polar surface area (TPSA) is 227 Å². The smallest absolute Gasteiger partial charge is 0.338 e. The van der Waals surface area contributed by atoms with Crippen molar-refractivity contribution in [1.82, 2.24) is 56.2 Å². The summed E-state index contributed by atoms with van der Waals surface area (Å²) in [7, 11) is 0. The van der Waals surface area contributed by atoms with Crippen molar-refractivity contribution in [3.63, 3.8) is 0 Å². The summed E-state index contributed by atoms with van der Waals surface area (Å²) in [5.74, 6) is -0.864. The van der Waals surface area contributed by atoms with Crippen LogP contribution in [0.3, 0.4) is 0 Å². The molecule has 0 aliphatic heterocycles. The standard InChI is InChI=1S/C77H83N13O10/c1-73(2,3)49-19-28-66(91)62(41-49)87-79-54-24-16-46(38-58(54)83(79)87)70(95)98-35-13-32-77(78-53-23-27-57-61(45-53)86-82(57)90(86)65-44-52(76(10,11)12)22-31-69(65)94,33-14-36-99-71(96)47-17-25-55-59(39-47)84-80(55)88(84)63-42-50(74(4,5)6)20-29-67(63)92)34-15-37-100-72(97)48-18-26-56-60(40-48)85-81(56)89(85)64-43-51(75(7,8)9)21-30-68(64)93/h16-31,38-45,78,91-94H,13-15,32-37H2,1-12H3. The van der Waals surface area contributed by atoms with E-state index in [4.69, 9.17) is 14.2 Å². The Labute approximate surface area is 574 Å². The second kappa shape index (κ2) is 22.1. The minimum atomic E-state index is -0.756. The van der Waals surface area contributed by atoms with Gasteiger partial charge in [-0.3, -0.25) is 0 Å². The van der Waals surface area contributed by atoms with Crippen LogP contribution in [0, 0.1) is 0 Å². The van der Waals surface area contributed by atoms with Crippen molar-refractivity contribution < 1.29 is 49.0 Å². The lowest BCUT2D eigenvalue weighted by atomic mass is 9.83. The number of aromatic hydroxyl groups is 4. The molecule has 23 heteroatoms. The van der Waals surface area contributed by atoms with Gasteiger partial charge in [0.25, 0.3) is 0 Å². The molecular formula is C77H83N13O10. The number of hydrogen-bond acceptors (Lipinski definition) is 11. The number of phenols is 4. The maximum atomic E-state index is 14.1. The third-order valence-corrected chi connectivity index (χ3v) is 20.1. The van der Waals surface area contributed by atoms with Crippen LogP contribution >= 0.6 is 0 Å². The Balaban J connectivity index is 0.667. The molecular weight excluding hydrogens is 1270 g/mol. The molecule has 5 N–H and O–H groups in total. The molecule has 0 radical (unpaired) electrons. The Morgan fingerprint density at radius 3 is 0.840 bits per heavy atom. The molecule has 8 aromatic heterocycles. The molecule has 16 aromatic rings. The van der Waals surface area contributed by atoms with Gasteiger partial charge in [-0.2, -0.15) is 0 Å². The van der Waals surface area contributed by atoms with Crippen molar-refractivity contribution in [3.05, 3.63) is 185 Å². The SMILES string of the molecule is CC(C)(C)c1ccc(O)c(-n2n3c4ccc(NC(CCCOC(=O)c5ccc6c(c5)n5n(-c7cc(C(C)(C)C)ccc7O)n65)(CCCOC(=O)c5ccc6c(c5)n5n(-c7cc(C(C)(C)C)ccc7O)n65)CCCOC(=O)c5ccc6c(c5)n5n(-c7cc(C(C)(C)C)ccc7O)n65)cc4n23)c1. The summed E-state index contributed by atoms with van der Waals surface area (Å²) in [6, 6.07) is 45.0. The second-order valence-electron chi connectivity index (χ2n) is 31.2. The van der Waals surface area contributed by atoms with Crippen LogP contribution in [0.2, 0.25) is 0 Å². The summed E-state index contributed by atoms with van der Waals surface area (Å²) in [6.45, 7) is 25.8. The number of rotatable bonds is 21. The number of benzene rings is 8. The molecule has 0 atom stereocenters. The molecule has 0 aliphatic rings. The summed E-state index contributed by atoms with van der Waals surface area (Å²) in [5, 5.41) is 48.0.